The first-order chi connectivity index (χ1) is 8.54. The Kier molecular flexibility index (Phi) is 3.37. The third kappa shape index (κ3) is 2.37. The summed E-state index contributed by atoms with van der Waals surface area (Å²) in [5, 5.41) is 0. The van der Waals surface area contributed by atoms with Crippen LogP contribution in [0.5, 0.6) is 0 Å². The third-order valence-electron chi connectivity index (χ3n) is 3.28. The predicted octanol–water partition coefficient (Wildman–Crippen LogP) is 3.76. The van der Waals surface area contributed by atoms with Gasteiger partial charge in [-0.25, -0.2) is 0 Å². The molecule has 94 valence electrons. The van der Waals surface area contributed by atoms with Crippen molar-refractivity contribution in [3.05, 3.63) is 59.4 Å². The van der Waals surface area contributed by atoms with Gasteiger partial charge in [0.15, 0.2) is 5.78 Å². The van der Waals surface area contributed by atoms with Gasteiger partial charge in [0.2, 0.25) is 0 Å². The molecule has 0 N–H and O–H groups in total. The molecule has 0 unspecified atom stereocenters. The van der Waals surface area contributed by atoms with Gasteiger partial charge in [-0.05, 0) is 12.5 Å². The third-order valence-corrected chi connectivity index (χ3v) is 3.28. The van der Waals surface area contributed by atoms with Crippen LogP contribution in [0.15, 0.2) is 53.8 Å². The maximum atomic E-state index is 12.3. The normalized spacial score (nSPS) is 17.7. The zero-order chi connectivity index (χ0) is 13.2. The summed E-state index contributed by atoms with van der Waals surface area (Å²) in [6.07, 6.45) is 4.49. The maximum Gasteiger partial charge on any atom is 0.189 e. The molecule has 0 bridgehead atoms. The van der Waals surface area contributed by atoms with Crippen molar-refractivity contribution in [1.82, 2.24) is 0 Å². The number of hydrogen-bond donors (Lipinski definition) is 0. The first-order valence-electron chi connectivity index (χ1n) is 6.09. The molecule has 1 aromatic rings. The predicted molar refractivity (Wildman–Crippen MR) is 72.3 cm³/mol. The van der Waals surface area contributed by atoms with Gasteiger partial charge in [-0.2, -0.15) is 0 Å². The summed E-state index contributed by atoms with van der Waals surface area (Å²) < 4.78 is 5.35. The van der Waals surface area contributed by atoms with Crippen molar-refractivity contribution >= 4 is 5.78 Å². The Hall–Kier alpha value is -1.83. The fraction of sp³-hybridized carbons (Fsp3) is 0.312. The van der Waals surface area contributed by atoms with Crippen molar-refractivity contribution < 1.29 is 9.53 Å². The van der Waals surface area contributed by atoms with Crippen LogP contribution in [0.1, 0.15) is 30.6 Å². The minimum atomic E-state index is -0.122. The van der Waals surface area contributed by atoms with Crippen LogP contribution < -0.4 is 0 Å². The van der Waals surface area contributed by atoms with E-state index in [2.05, 4.69) is 13.8 Å². The largest absolute Gasteiger partial charge is 0.501 e. The topological polar surface area (TPSA) is 26.3 Å². The number of carbonyl (C=O) groups excluding carboxylic acids is 1. The van der Waals surface area contributed by atoms with Gasteiger partial charge in [0.1, 0.15) is 5.76 Å². The Morgan fingerprint density at radius 2 is 1.83 bits per heavy atom. The number of rotatable bonds is 3. The van der Waals surface area contributed by atoms with E-state index < -0.39 is 0 Å². The van der Waals surface area contributed by atoms with Gasteiger partial charge in [0.25, 0.3) is 0 Å². The lowest BCUT2D eigenvalue weighted by molar-refractivity contribution is 0.101. The van der Waals surface area contributed by atoms with Gasteiger partial charge >= 0.3 is 0 Å². The lowest BCUT2D eigenvalue weighted by atomic mass is 9.78. The lowest BCUT2D eigenvalue weighted by Crippen LogP contribution is -2.22. The standard InChI is InChI=1S/C16H18O2/c1-16(2)11-13(9-10-14(16)18-3)15(17)12-7-5-4-6-8-12/h4-10H,11H2,1-3H3. The number of ketones is 1. The number of methoxy groups -OCH3 is 1. The second-order valence-corrected chi connectivity index (χ2v) is 5.18. The summed E-state index contributed by atoms with van der Waals surface area (Å²) in [6, 6.07) is 9.40. The number of carbonyl (C=O) groups is 1. The van der Waals surface area contributed by atoms with Crippen LogP contribution in [-0.4, -0.2) is 12.9 Å². The molecule has 0 fully saturated rings. The highest BCUT2D eigenvalue weighted by atomic mass is 16.5. The van der Waals surface area contributed by atoms with E-state index in [0.717, 1.165) is 16.9 Å². The van der Waals surface area contributed by atoms with Crippen molar-refractivity contribution in [2.45, 2.75) is 20.3 Å². The molecule has 2 nitrogen and oxygen atoms in total. The molecule has 0 saturated heterocycles. The molecule has 0 radical (unpaired) electrons. The van der Waals surface area contributed by atoms with Gasteiger partial charge in [-0.1, -0.05) is 50.3 Å². The van der Waals surface area contributed by atoms with Crippen molar-refractivity contribution in [3.63, 3.8) is 0 Å². The van der Waals surface area contributed by atoms with E-state index in [9.17, 15) is 4.79 Å². The van der Waals surface area contributed by atoms with Crippen LogP contribution in [0.3, 0.4) is 0 Å². The quantitative estimate of drug-likeness (QED) is 0.754. The molecule has 1 aromatic carbocycles. The van der Waals surface area contributed by atoms with Crippen molar-refractivity contribution in [3.8, 4) is 0 Å². The van der Waals surface area contributed by atoms with Gasteiger partial charge in [0.05, 0.1) is 7.11 Å². The number of benzene rings is 1. The lowest BCUT2D eigenvalue weighted by Gasteiger charge is -2.30. The maximum absolute atomic E-state index is 12.3. The van der Waals surface area contributed by atoms with Crippen molar-refractivity contribution in [1.29, 1.82) is 0 Å². The number of hydrogen-bond acceptors (Lipinski definition) is 2. The molecule has 1 aliphatic rings. The fourth-order valence-electron chi connectivity index (χ4n) is 2.30. The molecule has 2 rings (SSSR count). The van der Waals surface area contributed by atoms with Crippen molar-refractivity contribution in [2.24, 2.45) is 5.41 Å². The van der Waals surface area contributed by atoms with E-state index in [-0.39, 0.29) is 11.2 Å². The van der Waals surface area contributed by atoms with Gasteiger partial charge < -0.3 is 4.74 Å². The van der Waals surface area contributed by atoms with Crippen LogP contribution in [0.4, 0.5) is 0 Å². The van der Waals surface area contributed by atoms with E-state index in [1.807, 2.05) is 42.5 Å². The van der Waals surface area contributed by atoms with E-state index >= 15 is 0 Å². The highest BCUT2D eigenvalue weighted by Crippen LogP contribution is 2.38. The number of ether oxygens (including phenoxy) is 1. The smallest absolute Gasteiger partial charge is 0.189 e. The molecule has 0 spiro atoms. The summed E-state index contributed by atoms with van der Waals surface area (Å²) in [6.45, 7) is 4.18. The molecule has 1 aliphatic carbocycles. The second-order valence-electron chi connectivity index (χ2n) is 5.18. The molecular formula is C16H18O2. The van der Waals surface area contributed by atoms with Crippen LogP contribution >= 0.6 is 0 Å². The van der Waals surface area contributed by atoms with Crippen LogP contribution in [0.2, 0.25) is 0 Å². The average molecular weight is 242 g/mol. The first-order valence-corrected chi connectivity index (χ1v) is 6.09. The molecule has 0 aromatic heterocycles. The van der Waals surface area contributed by atoms with Gasteiger partial charge in [-0.3, -0.25) is 4.79 Å². The van der Waals surface area contributed by atoms with Crippen LogP contribution in [0, 0.1) is 5.41 Å². The minimum absolute atomic E-state index is 0.107. The van der Waals surface area contributed by atoms with Crippen molar-refractivity contribution in [2.75, 3.05) is 7.11 Å². The van der Waals surface area contributed by atoms with E-state index in [1.54, 1.807) is 7.11 Å². The summed E-state index contributed by atoms with van der Waals surface area (Å²) in [5.41, 5.74) is 1.46. The molecule has 0 heterocycles. The highest BCUT2D eigenvalue weighted by molar-refractivity contribution is 6.09. The monoisotopic (exact) mass is 242 g/mol. The molecule has 0 saturated carbocycles. The zero-order valence-electron chi connectivity index (χ0n) is 11.1. The average Bonchev–Trinajstić information content (AvgIpc) is 2.37. The van der Waals surface area contributed by atoms with Gasteiger partial charge in [0, 0.05) is 16.6 Å². The minimum Gasteiger partial charge on any atom is -0.501 e. The molecule has 0 aliphatic heterocycles. The van der Waals surface area contributed by atoms with Crippen LogP contribution in [0.25, 0.3) is 0 Å². The number of Topliss-reactive ketones (excluding diaryl/α,β-unsaturated/α-hetero) is 1. The highest BCUT2D eigenvalue weighted by Gasteiger charge is 2.30. The summed E-state index contributed by atoms with van der Waals surface area (Å²) in [4.78, 5) is 12.3. The molecule has 2 heteroatoms. The Morgan fingerprint density at radius 3 is 2.39 bits per heavy atom. The summed E-state index contributed by atoms with van der Waals surface area (Å²) in [5.74, 6) is 1.03. The summed E-state index contributed by atoms with van der Waals surface area (Å²) in [7, 11) is 1.67. The SMILES string of the molecule is COC1=CC=C(C(=O)c2ccccc2)CC1(C)C. The van der Waals surface area contributed by atoms with Crippen LogP contribution in [-0.2, 0) is 4.74 Å². The Morgan fingerprint density at radius 1 is 1.17 bits per heavy atom. The molecular weight excluding hydrogens is 224 g/mol. The summed E-state index contributed by atoms with van der Waals surface area (Å²) >= 11 is 0. The second kappa shape index (κ2) is 4.81. The zero-order valence-corrected chi connectivity index (χ0v) is 11.1. The molecule has 18 heavy (non-hydrogen) atoms. The Balaban J connectivity index is 2.29. The van der Waals surface area contributed by atoms with Gasteiger partial charge in [-0.15, -0.1) is 0 Å². The van der Waals surface area contributed by atoms with E-state index in [0.29, 0.717) is 6.42 Å². The first kappa shape index (κ1) is 12.6. The van der Waals surface area contributed by atoms with E-state index in [4.69, 9.17) is 4.74 Å². The Labute approximate surface area is 108 Å². The molecule has 0 atom stereocenters. The molecule has 0 amide bonds. The number of allylic oxidation sites excluding steroid dienone is 4. The van der Waals surface area contributed by atoms with E-state index in [1.165, 1.54) is 0 Å². The Bertz CT molecular complexity index is 507. The fourth-order valence-corrected chi connectivity index (χ4v) is 2.30.